The Morgan fingerprint density at radius 1 is 1.38 bits per heavy atom. The summed E-state index contributed by atoms with van der Waals surface area (Å²) in [6, 6.07) is 4.02. The van der Waals surface area contributed by atoms with E-state index in [4.69, 9.17) is 9.15 Å². The van der Waals surface area contributed by atoms with Crippen molar-refractivity contribution in [2.75, 3.05) is 6.54 Å². The Kier molecular flexibility index (Phi) is 5.82. The first-order valence-corrected chi connectivity index (χ1v) is 7.99. The van der Waals surface area contributed by atoms with Crippen LogP contribution in [0.3, 0.4) is 0 Å². The summed E-state index contributed by atoms with van der Waals surface area (Å²) >= 11 is 3.46. The van der Waals surface area contributed by atoms with E-state index in [1.54, 1.807) is 12.5 Å². The van der Waals surface area contributed by atoms with Gasteiger partial charge in [-0.2, -0.15) is 0 Å². The second-order valence-corrected chi connectivity index (χ2v) is 5.88. The van der Waals surface area contributed by atoms with Crippen LogP contribution < -0.4 is 10.1 Å². The Hall–Kier alpha value is -1.33. The molecule has 5 heteroatoms. The highest BCUT2D eigenvalue weighted by molar-refractivity contribution is 9.10. The van der Waals surface area contributed by atoms with Crippen molar-refractivity contribution in [2.45, 2.75) is 39.3 Å². The summed E-state index contributed by atoms with van der Waals surface area (Å²) in [6.45, 7) is 7.07. The molecule has 0 bridgehead atoms. The van der Waals surface area contributed by atoms with E-state index in [-0.39, 0.29) is 12.1 Å². The lowest BCUT2D eigenvalue weighted by molar-refractivity contribution is 0.241. The van der Waals surface area contributed by atoms with E-state index in [2.05, 4.69) is 33.2 Å². The van der Waals surface area contributed by atoms with Crippen molar-refractivity contribution in [2.24, 2.45) is 0 Å². The molecule has 4 nitrogen and oxygen atoms in total. The monoisotopic (exact) mass is 352 g/mol. The lowest BCUT2D eigenvalue weighted by Crippen LogP contribution is -2.23. The van der Waals surface area contributed by atoms with Crippen molar-refractivity contribution in [3.05, 3.63) is 46.6 Å². The Labute approximate surface area is 134 Å². The predicted molar refractivity (Wildman–Crippen MR) is 86.5 cm³/mol. The lowest BCUT2D eigenvalue weighted by atomic mass is 10.0. The molecule has 1 atom stereocenters. The molecule has 0 amide bonds. The second kappa shape index (κ2) is 7.61. The summed E-state index contributed by atoms with van der Waals surface area (Å²) in [5.41, 5.74) is 2.12. The summed E-state index contributed by atoms with van der Waals surface area (Å²) in [7, 11) is 0. The Morgan fingerprint density at radius 3 is 2.81 bits per heavy atom. The summed E-state index contributed by atoms with van der Waals surface area (Å²) < 4.78 is 11.8. The minimum atomic E-state index is 0.0290. The largest absolute Gasteiger partial charge is 0.489 e. The molecule has 0 aliphatic carbocycles. The summed E-state index contributed by atoms with van der Waals surface area (Å²) in [5.74, 6) is 0.783. The maximum atomic E-state index is 5.73. The van der Waals surface area contributed by atoms with Crippen molar-refractivity contribution in [3.8, 4) is 5.75 Å². The number of nitrogens with zero attached hydrogens (tertiary/aromatic N) is 1. The van der Waals surface area contributed by atoms with Crippen molar-refractivity contribution in [3.63, 3.8) is 0 Å². The molecule has 0 saturated carbocycles. The molecule has 0 fully saturated rings. The molecule has 0 aliphatic heterocycles. The average molecular weight is 353 g/mol. The highest BCUT2D eigenvalue weighted by atomic mass is 79.9. The van der Waals surface area contributed by atoms with Gasteiger partial charge in [0.25, 0.3) is 0 Å². The topological polar surface area (TPSA) is 47.3 Å². The van der Waals surface area contributed by atoms with Crippen molar-refractivity contribution in [1.29, 1.82) is 0 Å². The predicted octanol–water partition coefficient (Wildman–Crippen LogP) is 4.31. The Morgan fingerprint density at radius 2 is 2.19 bits per heavy atom. The molecule has 1 N–H and O–H groups in total. The van der Waals surface area contributed by atoms with Gasteiger partial charge in [-0.3, -0.25) is 4.98 Å². The number of aromatic nitrogens is 1. The molecule has 2 aromatic rings. The third-order valence-electron chi connectivity index (χ3n) is 2.99. The molecule has 114 valence electrons. The quantitative estimate of drug-likeness (QED) is 0.806. The van der Waals surface area contributed by atoms with E-state index in [0.29, 0.717) is 0 Å². The minimum absolute atomic E-state index is 0.0290. The van der Waals surface area contributed by atoms with Crippen molar-refractivity contribution in [1.82, 2.24) is 10.3 Å². The number of hydrogen-bond acceptors (Lipinski definition) is 4. The van der Waals surface area contributed by atoms with Gasteiger partial charge < -0.3 is 14.5 Å². The first kappa shape index (κ1) is 16.0. The molecular weight excluding hydrogens is 332 g/mol. The van der Waals surface area contributed by atoms with E-state index in [1.807, 2.05) is 32.2 Å². The van der Waals surface area contributed by atoms with Gasteiger partial charge in [0, 0.05) is 11.8 Å². The maximum absolute atomic E-state index is 5.73. The Balaban J connectivity index is 2.30. The third kappa shape index (κ3) is 4.32. The van der Waals surface area contributed by atoms with Crippen LogP contribution in [0.1, 0.15) is 44.4 Å². The summed E-state index contributed by atoms with van der Waals surface area (Å²) in [4.78, 5) is 4.30. The van der Waals surface area contributed by atoms with Crippen molar-refractivity contribution >= 4 is 15.9 Å². The van der Waals surface area contributed by atoms with Gasteiger partial charge in [-0.05, 0) is 60.4 Å². The van der Waals surface area contributed by atoms with E-state index in [0.717, 1.165) is 34.5 Å². The van der Waals surface area contributed by atoms with Crippen LogP contribution in [0.15, 0.2) is 39.9 Å². The van der Waals surface area contributed by atoms with E-state index in [9.17, 15) is 0 Å². The average Bonchev–Trinajstić information content (AvgIpc) is 2.85. The van der Waals surface area contributed by atoms with Crippen LogP contribution in [0.25, 0.3) is 0 Å². The number of halogens is 1. The SMILES string of the molecule is CCCNC(c1cncc(OC(C)C)c1)c1ccoc1Br. The van der Waals surface area contributed by atoms with E-state index >= 15 is 0 Å². The highest BCUT2D eigenvalue weighted by Gasteiger charge is 2.19. The number of nitrogens with one attached hydrogen (secondary N) is 1. The van der Waals surface area contributed by atoms with E-state index in [1.165, 1.54) is 0 Å². The standard InChI is InChI=1S/C16H21BrN2O2/c1-4-6-19-15(14-5-7-20-16(14)17)12-8-13(10-18-9-12)21-11(2)3/h5,7-11,15,19H,4,6H2,1-3H3. The zero-order valence-corrected chi connectivity index (χ0v) is 14.2. The molecule has 21 heavy (non-hydrogen) atoms. The van der Waals surface area contributed by atoms with Crippen LogP contribution >= 0.6 is 15.9 Å². The van der Waals surface area contributed by atoms with Gasteiger partial charge in [-0.25, -0.2) is 0 Å². The molecule has 2 rings (SSSR count). The van der Waals surface area contributed by atoms with Gasteiger partial charge in [0.15, 0.2) is 4.67 Å². The van der Waals surface area contributed by atoms with Gasteiger partial charge in [0.1, 0.15) is 5.75 Å². The number of rotatable bonds is 7. The minimum Gasteiger partial charge on any atom is -0.489 e. The lowest BCUT2D eigenvalue weighted by Gasteiger charge is -2.19. The first-order valence-electron chi connectivity index (χ1n) is 7.19. The number of hydrogen-bond donors (Lipinski definition) is 1. The summed E-state index contributed by atoms with van der Waals surface area (Å²) in [5, 5.41) is 3.52. The molecule has 0 aromatic carbocycles. The van der Waals surface area contributed by atoms with Crippen LogP contribution in [-0.2, 0) is 0 Å². The van der Waals surface area contributed by atoms with Gasteiger partial charge in [0.2, 0.25) is 0 Å². The Bertz CT molecular complexity index is 569. The zero-order chi connectivity index (χ0) is 15.2. The second-order valence-electron chi connectivity index (χ2n) is 5.16. The zero-order valence-electron chi connectivity index (χ0n) is 12.6. The molecule has 0 radical (unpaired) electrons. The summed E-state index contributed by atoms with van der Waals surface area (Å²) in [6.07, 6.45) is 6.47. The highest BCUT2D eigenvalue weighted by Crippen LogP contribution is 2.30. The molecule has 1 unspecified atom stereocenters. The van der Waals surface area contributed by atoms with Gasteiger partial charge >= 0.3 is 0 Å². The molecule has 2 heterocycles. The normalized spacial score (nSPS) is 12.6. The molecule has 0 aliphatic rings. The fourth-order valence-corrected chi connectivity index (χ4v) is 2.61. The van der Waals surface area contributed by atoms with Gasteiger partial charge in [-0.1, -0.05) is 6.92 Å². The fourth-order valence-electron chi connectivity index (χ4n) is 2.14. The van der Waals surface area contributed by atoms with Crippen LogP contribution in [0, 0.1) is 0 Å². The third-order valence-corrected chi connectivity index (χ3v) is 3.64. The van der Waals surface area contributed by atoms with Gasteiger partial charge in [0.05, 0.1) is 24.6 Å². The molecule has 2 aromatic heterocycles. The van der Waals surface area contributed by atoms with Crippen LogP contribution in [0.4, 0.5) is 0 Å². The number of ether oxygens (including phenoxy) is 1. The molecular formula is C16H21BrN2O2. The van der Waals surface area contributed by atoms with Crippen molar-refractivity contribution < 1.29 is 9.15 Å². The smallest absolute Gasteiger partial charge is 0.174 e. The molecule has 0 saturated heterocycles. The van der Waals surface area contributed by atoms with Crippen LogP contribution in [0.2, 0.25) is 0 Å². The fraction of sp³-hybridized carbons (Fsp3) is 0.438. The number of pyridine rings is 1. The van der Waals surface area contributed by atoms with Crippen LogP contribution in [0.5, 0.6) is 5.75 Å². The van der Waals surface area contributed by atoms with E-state index < -0.39 is 0 Å². The first-order chi connectivity index (χ1) is 10.1. The molecule has 0 spiro atoms. The van der Waals surface area contributed by atoms with Crippen LogP contribution in [-0.4, -0.2) is 17.6 Å². The number of furan rings is 1. The van der Waals surface area contributed by atoms with Gasteiger partial charge in [-0.15, -0.1) is 0 Å². The maximum Gasteiger partial charge on any atom is 0.174 e.